The molecule has 1 N–H and O–H groups in total. The van der Waals surface area contributed by atoms with Gasteiger partial charge in [0.15, 0.2) is 5.16 Å². The molecule has 7 heteroatoms. The highest BCUT2D eigenvalue weighted by molar-refractivity contribution is 9.10. The average molecular weight is 406 g/mol. The Bertz CT molecular complexity index is 800. The lowest BCUT2D eigenvalue weighted by Gasteiger charge is -2.14. The molecule has 2 heterocycles. The molecule has 0 spiro atoms. The molecule has 124 valence electrons. The minimum absolute atomic E-state index is 0.0259. The summed E-state index contributed by atoms with van der Waals surface area (Å²) in [5.41, 5.74) is 1.99. The minimum atomic E-state index is 0.0259. The number of nitrogens with one attached hydrogen (secondary N) is 1. The van der Waals surface area contributed by atoms with Crippen LogP contribution in [-0.2, 0) is 11.3 Å². The smallest absolute Gasteiger partial charge is 0.233 e. The number of halogens is 1. The molecule has 0 radical (unpaired) electrons. The van der Waals surface area contributed by atoms with Crippen molar-refractivity contribution in [1.29, 1.82) is 0 Å². The molecule has 0 aliphatic heterocycles. The standard InChI is InChI=1S/C17H16BrN3O2S/c1-21(10-14-3-2-8-23-14)16(22)11-24-17-19-9-15(20-17)12-4-6-13(18)7-5-12/h2-9H,10-11H2,1H3,(H,19,20). The Morgan fingerprint density at radius 3 is 2.83 bits per heavy atom. The Kier molecular flexibility index (Phi) is 5.42. The number of aromatic amines is 1. The highest BCUT2D eigenvalue weighted by atomic mass is 79.9. The number of nitrogens with zero attached hydrogens (tertiary/aromatic N) is 2. The van der Waals surface area contributed by atoms with E-state index in [1.165, 1.54) is 11.8 Å². The van der Waals surface area contributed by atoms with Crippen LogP contribution >= 0.6 is 27.7 Å². The second kappa shape index (κ2) is 7.72. The van der Waals surface area contributed by atoms with E-state index >= 15 is 0 Å². The highest BCUT2D eigenvalue weighted by Gasteiger charge is 2.12. The Morgan fingerprint density at radius 1 is 1.33 bits per heavy atom. The van der Waals surface area contributed by atoms with E-state index in [2.05, 4.69) is 25.9 Å². The molecule has 5 nitrogen and oxygen atoms in total. The normalized spacial score (nSPS) is 10.8. The summed E-state index contributed by atoms with van der Waals surface area (Å²) in [4.78, 5) is 21.4. The maximum atomic E-state index is 12.2. The summed E-state index contributed by atoms with van der Waals surface area (Å²) in [7, 11) is 1.76. The van der Waals surface area contributed by atoms with E-state index in [9.17, 15) is 4.79 Å². The van der Waals surface area contributed by atoms with Gasteiger partial charge >= 0.3 is 0 Å². The van der Waals surface area contributed by atoms with Crippen molar-refractivity contribution in [2.75, 3.05) is 12.8 Å². The van der Waals surface area contributed by atoms with Crippen molar-refractivity contribution < 1.29 is 9.21 Å². The second-order valence-corrected chi connectivity index (χ2v) is 7.11. The largest absolute Gasteiger partial charge is 0.467 e. The van der Waals surface area contributed by atoms with Gasteiger partial charge in [-0.3, -0.25) is 4.79 Å². The van der Waals surface area contributed by atoms with Crippen LogP contribution < -0.4 is 0 Å². The van der Waals surface area contributed by atoms with Gasteiger partial charge in [-0.25, -0.2) is 4.98 Å². The monoisotopic (exact) mass is 405 g/mol. The van der Waals surface area contributed by atoms with Gasteiger partial charge in [0.05, 0.1) is 30.5 Å². The Balaban J connectivity index is 1.55. The number of furan rings is 1. The summed E-state index contributed by atoms with van der Waals surface area (Å²) < 4.78 is 6.29. The number of carbonyl (C=O) groups excluding carboxylic acids is 1. The van der Waals surface area contributed by atoms with Crippen molar-refractivity contribution in [2.24, 2.45) is 0 Å². The van der Waals surface area contributed by atoms with E-state index in [0.29, 0.717) is 12.3 Å². The molecular weight excluding hydrogens is 390 g/mol. The molecule has 0 bridgehead atoms. The van der Waals surface area contributed by atoms with Gasteiger partial charge in [0.1, 0.15) is 5.76 Å². The Hall–Kier alpha value is -1.99. The number of aromatic nitrogens is 2. The number of amides is 1. The van der Waals surface area contributed by atoms with Crippen LogP contribution in [0.3, 0.4) is 0 Å². The molecule has 3 rings (SSSR count). The van der Waals surface area contributed by atoms with Gasteiger partial charge in [-0.1, -0.05) is 39.8 Å². The number of carbonyl (C=O) groups is 1. The van der Waals surface area contributed by atoms with Crippen LogP contribution in [0.5, 0.6) is 0 Å². The van der Waals surface area contributed by atoms with Crippen LogP contribution in [0.2, 0.25) is 0 Å². The number of imidazole rings is 1. The zero-order chi connectivity index (χ0) is 16.9. The fraction of sp³-hybridized carbons (Fsp3) is 0.176. The average Bonchev–Trinajstić information content (AvgIpc) is 3.25. The van der Waals surface area contributed by atoms with Gasteiger partial charge in [0, 0.05) is 11.5 Å². The third-order valence-corrected chi connectivity index (χ3v) is 4.84. The molecule has 1 aromatic carbocycles. The summed E-state index contributed by atoms with van der Waals surface area (Å²) in [5.74, 6) is 1.12. The maximum Gasteiger partial charge on any atom is 0.233 e. The van der Waals surface area contributed by atoms with E-state index < -0.39 is 0 Å². The summed E-state index contributed by atoms with van der Waals surface area (Å²) >= 11 is 4.81. The van der Waals surface area contributed by atoms with E-state index in [1.54, 1.807) is 24.4 Å². The van der Waals surface area contributed by atoms with Gasteiger partial charge in [0.25, 0.3) is 0 Å². The van der Waals surface area contributed by atoms with Crippen LogP contribution in [-0.4, -0.2) is 33.6 Å². The Labute approximate surface area is 152 Å². The zero-order valence-electron chi connectivity index (χ0n) is 13.0. The van der Waals surface area contributed by atoms with Crippen LogP contribution in [0, 0.1) is 0 Å². The van der Waals surface area contributed by atoms with Crippen molar-refractivity contribution in [3.8, 4) is 11.3 Å². The fourth-order valence-electron chi connectivity index (χ4n) is 2.12. The molecule has 2 aromatic heterocycles. The molecule has 1 amide bonds. The first-order valence-corrected chi connectivity index (χ1v) is 9.10. The molecule has 0 unspecified atom stereocenters. The van der Waals surface area contributed by atoms with Crippen LogP contribution in [0.25, 0.3) is 11.3 Å². The van der Waals surface area contributed by atoms with E-state index in [-0.39, 0.29) is 5.91 Å². The van der Waals surface area contributed by atoms with E-state index in [0.717, 1.165) is 26.6 Å². The third kappa shape index (κ3) is 4.30. The molecule has 0 aliphatic rings. The lowest BCUT2D eigenvalue weighted by atomic mass is 10.2. The maximum absolute atomic E-state index is 12.2. The molecule has 3 aromatic rings. The molecule has 24 heavy (non-hydrogen) atoms. The summed E-state index contributed by atoms with van der Waals surface area (Å²) in [6.07, 6.45) is 3.39. The van der Waals surface area contributed by atoms with Gasteiger partial charge < -0.3 is 14.3 Å². The second-order valence-electron chi connectivity index (χ2n) is 5.23. The van der Waals surface area contributed by atoms with E-state index in [4.69, 9.17) is 4.42 Å². The number of H-pyrrole nitrogens is 1. The Morgan fingerprint density at radius 2 is 2.12 bits per heavy atom. The lowest BCUT2D eigenvalue weighted by molar-refractivity contribution is -0.127. The topological polar surface area (TPSA) is 62.1 Å². The molecule has 0 fully saturated rings. The van der Waals surface area contributed by atoms with Crippen molar-refractivity contribution >= 4 is 33.6 Å². The predicted molar refractivity (Wildman–Crippen MR) is 97.6 cm³/mol. The van der Waals surface area contributed by atoms with Crippen molar-refractivity contribution in [1.82, 2.24) is 14.9 Å². The molecular formula is C17H16BrN3O2S. The molecule has 0 saturated heterocycles. The van der Waals surface area contributed by atoms with Crippen molar-refractivity contribution in [2.45, 2.75) is 11.7 Å². The predicted octanol–water partition coefficient (Wildman–Crippen LogP) is 4.18. The minimum Gasteiger partial charge on any atom is -0.467 e. The van der Waals surface area contributed by atoms with E-state index in [1.807, 2.05) is 36.4 Å². The first-order valence-electron chi connectivity index (χ1n) is 7.32. The highest BCUT2D eigenvalue weighted by Crippen LogP contribution is 2.23. The van der Waals surface area contributed by atoms with Crippen LogP contribution in [0.1, 0.15) is 5.76 Å². The summed E-state index contributed by atoms with van der Waals surface area (Å²) in [6, 6.07) is 11.7. The SMILES string of the molecule is CN(Cc1ccco1)C(=O)CSc1ncc(-c2ccc(Br)cc2)[nH]1. The number of benzene rings is 1. The summed E-state index contributed by atoms with van der Waals surface area (Å²) in [5, 5.41) is 0.729. The summed E-state index contributed by atoms with van der Waals surface area (Å²) in [6.45, 7) is 0.467. The number of thioether (sulfide) groups is 1. The first-order chi connectivity index (χ1) is 11.6. The number of hydrogen-bond acceptors (Lipinski definition) is 4. The van der Waals surface area contributed by atoms with Crippen molar-refractivity contribution in [3.05, 3.63) is 59.1 Å². The molecule has 0 aliphatic carbocycles. The van der Waals surface area contributed by atoms with Crippen molar-refractivity contribution in [3.63, 3.8) is 0 Å². The van der Waals surface area contributed by atoms with Gasteiger partial charge in [-0.05, 0) is 29.8 Å². The lowest BCUT2D eigenvalue weighted by Crippen LogP contribution is -2.27. The number of hydrogen-bond donors (Lipinski definition) is 1. The first kappa shape index (κ1) is 16.9. The van der Waals surface area contributed by atoms with Gasteiger partial charge in [0.2, 0.25) is 5.91 Å². The zero-order valence-corrected chi connectivity index (χ0v) is 15.4. The fourth-order valence-corrected chi connectivity index (χ4v) is 3.17. The molecule has 0 saturated carbocycles. The van der Waals surface area contributed by atoms with Gasteiger partial charge in [-0.15, -0.1) is 0 Å². The van der Waals surface area contributed by atoms with Gasteiger partial charge in [-0.2, -0.15) is 0 Å². The van der Waals surface area contributed by atoms with Crippen LogP contribution in [0.15, 0.2) is 62.9 Å². The quantitative estimate of drug-likeness (QED) is 0.624. The molecule has 0 atom stereocenters. The third-order valence-electron chi connectivity index (χ3n) is 3.44. The number of rotatable bonds is 6. The van der Waals surface area contributed by atoms with Crippen LogP contribution in [0.4, 0.5) is 0 Å².